The van der Waals surface area contributed by atoms with Crippen LogP contribution in [0.4, 0.5) is 4.39 Å². The van der Waals surface area contributed by atoms with Gasteiger partial charge in [0.1, 0.15) is 40.6 Å². The van der Waals surface area contributed by atoms with E-state index in [1.807, 2.05) is 13.0 Å². The Bertz CT molecular complexity index is 2240. The molecule has 3 aromatic rings. The second kappa shape index (κ2) is 15.0. The van der Waals surface area contributed by atoms with Crippen molar-refractivity contribution in [3.05, 3.63) is 72.0 Å². The highest BCUT2D eigenvalue weighted by molar-refractivity contribution is 7.91. The minimum absolute atomic E-state index is 0.00549. The SMILES string of the molecule is C=C1CC2(C(=O)NS(=O)(=O)C3(C)CC3)NC(=O)C3CC(Oc4nc5c(F)cccc5nc4CC)CN3C(=O)C(NC(=O)c3ccn(C)n3)CCCCCC=CC12. The summed E-state index contributed by atoms with van der Waals surface area (Å²) >= 11 is 0. The summed E-state index contributed by atoms with van der Waals surface area (Å²) in [5.41, 5.74) is -0.144. The van der Waals surface area contributed by atoms with E-state index in [1.54, 1.807) is 32.3 Å². The quantitative estimate of drug-likeness (QED) is 0.286. The van der Waals surface area contributed by atoms with Crippen LogP contribution in [0.25, 0.3) is 11.0 Å². The summed E-state index contributed by atoms with van der Waals surface area (Å²) in [5, 5.41) is 9.89. The van der Waals surface area contributed by atoms with Gasteiger partial charge in [-0.15, -0.1) is 0 Å². The number of amides is 4. The van der Waals surface area contributed by atoms with E-state index in [1.165, 1.54) is 27.8 Å². The van der Waals surface area contributed by atoms with Crippen molar-refractivity contribution in [2.24, 2.45) is 13.0 Å². The standard InChI is InChI=1S/C39H47FN8O7S/c1-5-27-35(43-32-26(40)13-11-15-28(32)41-27)55-24-20-31-34(50)44-39(37(52)46-56(53,54)38(3)17-18-38)21-23(2)25(39)12-9-7-6-8-10-14-30(36(51)48(31)22-24)42-33(49)29-16-19-47(4)45-29/h9,11-13,15-16,19,24-25,30-31H,2,5-8,10,14,17-18,20-22H2,1,3-4H3,(H,42,49)(H,44,50)(H,46,52). The van der Waals surface area contributed by atoms with Gasteiger partial charge < -0.3 is 20.3 Å². The molecule has 5 unspecified atom stereocenters. The molecule has 0 spiro atoms. The van der Waals surface area contributed by atoms with Crippen LogP contribution in [0.3, 0.4) is 0 Å². The lowest BCUT2D eigenvalue weighted by molar-refractivity contribution is -0.143. The van der Waals surface area contributed by atoms with Crippen LogP contribution in [0, 0.1) is 11.7 Å². The van der Waals surface area contributed by atoms with Gasteiger partial charge in [-0.3, -0.25) is 28.6 Å². The van der Waals surface area contributed by atoms with Crippen molar-refractivity contribution in [1.82, 2.24) is 40.0 Å². The van der Waals surface area contributed by atoms with Gasteiger partial charge in [0, 0.05) is 32.0 Å². The number of rotatable bonds is 8. The lowest BCUT2D eigenvalue weighted by Crippen LogP contribution is -2.71. The molecule has 2 aliphatic heterocycles. The third-order valence-electron chi connectivity index (χ3n) is 11.4. The van der Waals surface area contributed by atoms with E-state index >= 15 is 0 Å². The molecule has 2 aromatic heterocycles. The molecule has 2 saturated carbocycles. The highest BCUT2D eigenvalue weighted by Gasteiger charge is 2.59. The Balaban J connectivity index is 1.24. The Hall–Kier alpha value is -5.19. The molecule has 298 valence electrons. The highest BCUT2D eigenvalue weighted by atomic mass is 32.2. The van der Waals surface area contributed by atoms with Gasteiger partial charge in [0.25, 0.3) is 11.8 Å². The molecule has 4 amide bonds. The number of hydrogen-bond donors (Lipinski definition) is 3. The van der Waals surface area contributed by atoms with Crippen LogP contribution in [0.15, 0.2) is 54.8 Å². The normalized spacial score (nSPS) is 26.6. The molecule has 56 heavy (non-hydrogen) atoms. The monoisotopic (exact) mass is 790 g/mol. The van der Waals surface area contributed by atoms with Gasteiger partial charge in [0.15, 0.2) is 5.82 Å². The first-order valence-electron chi connectivity index (χ1n) is 19.1. The number of ether oxygens (including phenoxy) is 1. The van der Waals surface area contributed by atoms with Crippen LogP contribution in [0.1, 0.15) is 87.8 Å². The molecule has 2 aliphatic carbocycles. The summed E-state index contributed by atoms with van der Waals surface area (Å²) < 4.78 is 50.4. The van der Waals surface area contributed by atoms with Gasteiger partial charge in [0.2, 0.25) is 27.7 Å². The summed E-state index contributed by atoms with van der Waals surface area (Å²) in [6.45, 7) is 7.41. The highest BCUT2D eigenvalue weighted by Crippen LogP contribution is 2.47. The molecule has 3 N–H and O–H groups in total. The Morgan fingerprint density at radius 2 is 1.93 bits per heavy atom. The zero-order valence-electron chi connectivity index (χ0n) is 31.7. The second-order valence-electron chi connectivity index (χ2n) is 15.5. The number of aryl methyl sites for hydroxylation is 2. The van der Waals surface area contributed by atoms with E-state index in [2.05, 4.69) is 37.0 Å². The van der Waals surface area contributed by atoms with Crippen LogP contribution >= 0.6 is 0 Å². The molecular weight excluding hydrogens is 744 g/mol. The minimum Gasteiger partial charge on any atom is -0.471 e. The summed E-state index contributed by atoms with van der Waals surface area (Å²) in [5.74, 6) is -3.94. The number of para-hydroxylation sites is 1. The number of hydrogen-bond acceptors (Lipinski definition) is 10. The molecule has 1 aromatic carbocycles. The second-order valence-corrected chi connectivity index (χ2v) is 17.7. The molecule has 4 aliphatic rings. The number of fused-ring (bicyclic) bond motifs is 3. The number of benzene rings is 1. The zero-order chi connectivity index (χ0) is 40.0. The topological polar surface area (TPSA) is 195 Å². The lowest BCUT2D eigenvalue weighted by Gasteiger charge is -2.49. The maximum atomic E-state index is 14.8. The first kappa shape index (κ1) is 39.1. The summed E-state index contributed by atoms with van der Waals surface area (Å²) in [4.78, 5) is 67.1. The van der Waals surface area contributed by atoms with Gasteiger partial charge in [-0.05, 0) is 63.6 Å². The summed E-state index contributed by atoms with van der Waals surface area (Å²) in [7, 11) is -2.40. The summed E-state index contributed by atoms with van der Waals surface area (Å²) in [6.07, 6.45) is 8.50. The molecule has 15 nitrogen and oxygen atoms in total. The van der Waals surface area contributed by atoms with E-state index in [4.69, 9.17) is 4.74 Å². The van der Waals surface area contributed by atoms with Crippen LogP contribution in [0.5, 0.6) is 5.88 Å². The van der Waals surface area contributed by atoms with Gasteiger partial charge in [-0.1, -0.05) is 50.1 Å². The van der Waals surface area contributed by atoms with Crippen LogP contribution in [-0.2, 0) is 37.9 Å². The number of nitrogens with one attached hydrogen (secondary N) is 3. The fraction of sp³-hybridized carbons (Fsp3) is 0.513. The Morgan fingerprint density at radius 3 is 2.62 bits per heavy atom. The average molecular weight is 791 g/mol. The van der Waals surface area contributed by atoms with Gasteiger partial charge in [-0.2, -0.15) is 5.10 Å². The van der Waals surface area contributed by atoms with Crippen molar-refractivity contribution in [2.45, 2.75) is 107 Å². The Labute approximate surface area is 324 Å². The number of carbonyl (C=O) groups is 4. The van der Waals surface area contributed by atoms with E-state index < -0.39 is 73.9 Å². The van der Waals surface area contributed by atoms with Crippen LogP contribution in [0.2, 0.25) is 0 Å². The van der Waals surface area contributed by atoms with Crippen molar-refractivity contribution in [3.63, 3.8) is 0 Å². The van der Waals surface area contributed by atoms with Crippen molar-refractivity contribution < 1.29 is 36.7 Å². The van der Waals surface area contributed by atoms with Crippen molar-refractivity contribution in [2.75, 3.05) is 6.54 Å². The molecule has 0 bridgehead atoms. The number of nitrogens with zero attached hydrogens (tertiary/aromatic N) is 5. The van der Waals surface area contributed by atoms with E-state index in [0.717, 1.165) is 6.42 Å². The van der Waals surface area contributed by atoms with E-state index in [0.29, 0.717) is 55.3 Å². The minimum atomic E-state index is -4.07. The van der Waals surface area contributed by atoms with Crippen molar-refractivity contribution in [3.8, 4) is 5.88 Å². The Morgan fingerprint density at radius 1 is 1.14 bits per heavy atom. The average Bonchev–Trinajstić information content (AvgIpc) is 3.55. The fourth-order valence-electron chi connectivity index (χ4n) is 7.75. The first-order chi connectivity index (χ1) is 26.6. The molecule has 1 saturated heterocycles. The number of halogens is 1. The number of aromatic nitrogens is 4. The maximum Gasteiger partial charge on any atom is 0.272 e. The lowest BCUT2D eigenvalue weighted by atomic mass is 9.62. The summed E-state index contributed by atoms with van der Waals surface area (Å²) in [6, 6.07) is 3.71. The fourth-order valence-corrected chi connectivity index (χ4v) is 9.06. The maximum absolute atomic E-state index is 14.8. The predicted octanol–water partition coefficient (Wildman–Crippen LogP) is 3.16. The molecular formula is C39H47FN8O7S. The molecule has 0 radical (unpaired) electrons. The van der Waals surface area contributed by atoms with Gasteiger partial charge in [0.05, 0.1) is 16.8 Å². The first-order valence-corrected chi connectivity index (χ1v) is 20.6. The largest absolute Gasteiger partial charge is 0.471 e. The predicted molar refractivity (Wildman–Crippen MR) is 203 cm³/mol. The molecule has 7 rings (SSSR count). The van der Waals surface area contributed by atoms with E-state index in [-0.39, 0.29) is 42.9 Å². The van der Waals surface area contributed by atoms with Crippen molar-refractivity contribution in [1.29, 1.82) is 0 Å². The third kappa shape index (κ3) is 7.40. The van der Waals surface area contributed by atoms with Gasteiger partial charge in [-0.25, -0.2) is 22.8 Å². The zero-order valence-corrected chi connectivity index (χ0v) is 32.5. The van der Waals surface area contributed by atoms with E-state index in [9.17, 15) is 32.0 Å². The van der Waals surface area contributed by atoms with Crippen LogP contribution < -0.4 is 20.1 Å². The Kier molecular flexibility index (Phi) is 10.5. The molecule has 4 heterocycles. The third-order valence-corrected chi connectivity index (χ3v) is 13.6. The molecule has 5 atom stereocenters. The molecule has 3 fully saturated rings. The van der Waals surface area contributed by atoms with Crippen LogP contribution in [-0.4, -0.2) is 91.7 Å². The van der Waals surface area contributed by atoms with Gasteiger partial charge >= 0.3 is 0 Å². The number of carbonyl (C=O) groups excluding carboxylic acids is 4. The van der Waals surface area contributed by atoms with Crippen molar-refractivity contribution >= 4 is 44.7 Å². The smallest absolute Gasteiger partial charge is 0.272 e. The number of sulfonamides is 1. The molecule has 17 heteroatoms. The number of allylic oxidation sites excluding steroid dienone is 1.